The Bertz CT molecular complexity index is 323. The van der Waals surface area contributed by atoms with Crippen LogP contribution >= 0.6 is 0 Å². The molecule has 0 saturated carbocycles. The molecule has 148 valence electrons. The summed E-state index contributed by atoms with van der Waals surface area (Å²) in [6, 6.07) is 0. The molecule has 0 heterocycles. The molecule has 0 atom stereocenters. The van der Waals surface area contributed by atoms with E-state index in [1.54, 1.807) is 6.92 Å². The van der Waals surface area contributed by atoms with Gasteiger partial charge in [-0.05, 0) is 6.92 Å². The molecule has 0 aromatic heterocycles. The van der Waals surface area contributed by atoms with Gasteiger partial charge in [0.1, 0.15) is 20.2 Å². The first-order valence-corrected chi connectivity index (χ1v) is 7.96. The van der Waals surface area contributed by atoms with Crippen molar-refractivity contribution in [2.75, 3.05) is 80.3 Å². The third kappa shape index (κ3) is 19.1. The first-order valence-electron chi connectivity index (χ1n) is 7.96. The minimum Gasteiger partial charge on any atom is -0.460 e. The molecule has 0 aliphatic heterocycles. The topological polar surface area (TPSA) is 90.9 Å². The van der Waals surface area contributed by atoms with Crippen LogP contribution in [0.3, 0.4) is 0 Å². The Kier molecular flexibility index (Phi) is 18.4. The maximum Gasteiger partial charge on any atom is 0.333 e. The fraction of sp³-hybridized carbons (Fsp3) is 0.812. The number of hydrogen-bond acceptors (Lipinski definition) is 9. The monoisotopic (exact) mass is 366 g/mol. The molecule has 0 spiro atoms. The lowest BCUT2D eigenvalue weighted by Crippen LogP contribution is -2.15. The molecule has 0 unspecified atom stereocenters. The summed E-state index contributed by atoms with van der Waals surface area (Å²) in [6.45, 7) is 8.76. The van der Waals surface area contributed by atoms with Crippen molar-refractivity contribution in [1.29, 1.82) is 0 Å². The van der Waals surface area contributed by atoms with Crippen LogP contribution < -0.4 is 0 Å². The van der Waals surface area contributed by atoms with Gasteiger partial charge in [0.15, 0.2) is 6.79 Å². The lowest BCUT2D eigenvalue weighted by molar-refractivity contribution is -0.167. The average molecular weight is 366 g/mol. The van der Waals surface area contributed by atoms with Gasteiger partial charge in [-0.1, -0.05) is 6.58 Å². The summed E-state index contributed by atoms with van der Waals surface area (Å²) in [5.74, 6) is -0.410. The molecule has 0 saturated heterocycles. The van der Waals surface area contributed by atoms with Crippen molar-refractivity contribution < 1.29 is 42.7 Å². The molecular formula is C16H30O9. The molecule has 0 rings (SSSR count). The van der Waals surface area contributed by atoms with Gasteiger partial charge in [-0.15, -0.1) is 0 Å². The molecule has 0 amide bonds. The number of rotatable bonds is 19. The highest BCUT2D eigenvalue weighted by molar-refractivity contribution is 5.86. The highest BCUT2D eigenvalue weighted by atomic mass is 16.8. The van der Waals surface area contributed by atoms with E-state index in [1.807, 2.05) is 0 Å². The molecule has 9 heteroatoms. The Hall–Kier alpha value is -1.07. The van der Waals surface area contributed by atoms with Gasteiger partial charge in [0.05, 0.1) is 46.2 Å². The number of esters is 1. The van der Waals surface area contributed by atoms with E-state index >= 15 is 0 Å². The van der Waals surface area contributed by atoms with Gasteiger partial charge < -0.3 is 37.9 Å². The lowest BCUT2D eigenvalue weighted by Gasteiger charge is -2.08. The maximum atomic E-state index is 11.1. The van der Waals surface area contributed by atoms with Gasteiger partial charge in [-0.25, -0.2) is 4.79 Å². The molecule has 0 fully saturated rings. The van der Waals surface area contributed by atoms with Crippen LogP contribution in [0.2, 0.25) is 0 Å². The third-order valence-electron chi connectivity index (χ3n) is 2.46. The van der Waals surface area contributed by atoms with Crippen LogP contribution in [0, 0.1) is 0 Å². The van der Waals surface area contributed by atoms with E-state index in [-0.39, 0.29) is 27.0 Å². The second-order valence-corrected chi connectivity index (χ2v) is 4.71. The van der Waals surface area contributed by atoms with Gasteiger partial charge in [0, 0.05) is 12.7 Å². The lowest BCUT2D eigenvalue weighted by atomic mass is 10.4. The van der Waals surface area contributed by atoms with E-state index < -0.39 is 5.97 Å². The molecule has 25 heavy (non-hydrogen) atoms. The maximum absolute atomic E-state index is 11.1. The van der Waals surface area contributed by atoms with E-state index in [4.69, 9.17) is 33.2 Å². The van der Waals surface area contributed by atoms with Crippen LogP contribution in [-0.2, 0) is 42.7 Å². The fourth-order valence-corrected chi connectivity index (χ4v) is 1.30. The molecule has 9 nitrogen and oxygen atoms in total. The number of carbonyl (C=O) groups is 1. The van der Waals surface area contributed by atoms with Crippen LogP contribution in [0.1, 0.15) is 6.92 Å². The Morgan fingerprint density at radius 3 is 1.64 bits per heavy atom. The largest absolute Gasteiger partial charge is 0.460 e. The molecular weight excluding hydrogens is 336 g/mol. The zero-order chi connectivity index (χ0) is 18.6. The molecule has 0 radical (unpaired) electrons. The van der Waals surface area contributed by atoms with Crippen LogP contribution in [0.5, 0.6) is 0 Å². The predicted octanol–water partition coefficient (Wildman–Crippen LogP) is 0.724. The first kappa shape index (κ1) is 23.9. The predicted molar refractivity (Wildman–Crippen MR) is 88.0 cm³/mol. The molecule has 0 aliphatic rings. The Labute approximate surface area is 149 Å². The van der Waals surface area contributed by atoms with E-state index in [1.165, 1.54) is 7.11 Å². The van der Waals surface area contributed by atoms with E-state index in [2.05, 4.69) is 11.3 Å². The van der Waals surface area contributed by atoms with Crippen molar-refractivity contribution in [3.63, 3.8) is 0 Å². The SMILES string of the molecule is C=C(C)C(=O)OCCOCCOCCOCCOCOCOCOC. The minimum atomic E-state index is -0.410. The molecule has 0 aliphatic carbocycles. The van der Waals surface area contributed by atoms with E-state index in [9.17, 15) is 4.79 Å². The van der Waals surface area contributed by atoms with Gasteiger partial charge in [-0.3, -0.25) is 0 Å². The van der Waals surface area contributed by atoms with Gasteiger partial charge in [0.25, 0.3) is 0 Å². The second-order valence-electron chi connectivity index (χ2n) is 4.71. The number of methoxy groups -OCH3 is 1. The first-order chi connectivity index (χ1) is 12.2. The van der Waals surface area contributed by atoms with E-state index in [0.717, 1.165) is 0 Å². The summed E-state index contributed by atoms with van der Waals surface area (Å²) in [5, 5.41) is 0. The van der Waals surface area contributed by atoms with Crippen LogP contribution in [0.15, 0.2) is 12.2 Å². The number of ether oxygens (including phenoxy) is 8. The van der Waals surface area contributed by atoms with Crippen molar-refractivity contribution >= 4 is 5.97 Å². The second kappa shape index (κ2) is 19.3. The normalized spacial score (nSPS) is 10.8. The molecule has 0 N–H and O–H groups in total. The van der Waals surface area contributed by atoms with Crippen LogP contribution in [0.4, 0.5) is 0 Å². The summed E-state index contributed by atoms with van der Waals surface area (Å²) in [7, 11) is 1.54. The van der Waals surface area contributed by atoms with E-state index in [0.29, 0.717) is 51.8 Å². The molecule has 0 bridgehead atoms. The fourth-order valence-electron chi connectivity index (χ4n) is 1.30. The van der Waals surface area contributed by atoms with Gasteiger partial charge in [-0.2, -0.15) is 0 Å². The quantitative estimate of drug-likeness (QED) is 0.142. The Balaban J connectivity index is 3.05. The third-order valence-corrected chi connectivity index (χ3v) is 2.46. The zero-order valence-electron chi connectivity index (χ0n) is 15.2. The summed E-state index contributed by atoms with van der Waals surface area (Å²) >= 11 is 0. The van der Waals surface area contributed by atoms with Crippen molar-refractivity contribution in [1.82, 2.24) is 0 Å². The number of carbonyl (C=O) groups excluding carboxylic acids is 1. The summed E-state index contributed by atoms with van der Waals surface area (Å²) in [5.41, 5.74) is 0.373. The van der Waals surface area contributed by atoms with Crippen LogP contribution in [0.25, 0.3) is 0 Å². The number of hydrogen-bond donors (Lipinski definition) is 0. The Morgan fingerprint density at radius 2 is 1.12 bits per heavy atom. The summed E-state index contributed by atoms with van der Waals surface area (Å²) < 4.78 is 40.5. The van der Waals surface area contributed by atoms with Crippen molar-refractivity contribution in [3.05, 3.63) is 12.2 Å². The van der Waals surface area contributed by atoms with Crippen molar-refractivity contribution in [3.8, 4) is 0 Å². The minimum absolute atomic E-state index is 0.126. The molecule has 0 aromatic carbocycles. The van der Waals surface area contributed by atoms with Crippen molar-refractivity contribution in [2.24, 2.45) is 0 Å². The van der Waals surface area contributed by atoms with Gasteiger partial charge >= 0.3 is 5.97 Å². The molecule has 0 aromatic rings. The Morgan fingerprint density at radius 1 is 0.680 bits per heavy atom. The standard InChI is InChI=1S/C16H30O9/c1-15(2)16(17)25-11-10-21-7-6-19-4-5-20-8-9-22-13-24-14-23-12-18-3/h1,4-14H2,2-3H3. The highest BCUT2D eigenvalue weighted by Crippen LogP contribution is 1.91. The van der Waals surface area contributed by atoms with Crippen molar-refractivity contribution in [2.45, 2.75) is 6.92 Å². The summed E-state index contributed by atoms with van der Waals surface area (Å²) in [6.07, 6.45) is 0. The zero-order valence-corrected chi connectivity index (χ0v) is 15.2. The van der Waals surface area contributed by atoms with Crippen LogP contribution in [-0.4, -0.2) is 86.3 Å². The smallest absolute Gasteiger partial charge is 0.333 e. The average Bonchev–Trinajstić information content (AvgIpc) is 2.60. The van der Waals surface area contributed by atoms with Gasteiger partial charge in [0.2, 0.25) is 0 Å². The highest BCUT2D eigenvalue weighted by Gasteiger charge is 2.01. The summed E-state index contributed by atoms with van der Waals surface area (Å²) in [4.78, 5) is 11.1.